The average Bonchev–Trinajstić information content (AvgIpc) is 3.96. The number of aromatic nitrogens is 5. The van der Waals surface area contributed by atoms with Crippen LogP contribution in [-0.4, -0.2) is 24.1 Å². The quantitative estimate of drug-likeness (QED) is 0.152. The third-order valence-corrected chi connectivity index (χ3v) is 13.1. The largest absolute Gasteiger partial charge is 0.308 e. The topological polar surface area (TPSA) is 167 Å². The van der Waals surface area contributed by atoms with Crippen molar-refractivity contribution in [3.63, 3.8) is 0 Å². The number of nitriles is 5. The van der Waals surface area contributed by atoms with Gasteiger partial charge < -0.3 is 9.13 Å². The van der Waals surface area contributed by atoms with Crippen molar-refractivity contribution in [3.8, 4) is 98.1 Å². The van der Waals surface area contributed by atoms with Crippen LogP contribution in [0, 0.1) is 56.7 Å². The third kappa shape index (κ3) is 6.96. The zero-order valence-electron chi connectivity index (χ0n) is 37.9. The van der Waals surface area contributed by atoms with Gasteiger partial charge >= 0.3 is 0 Å². The summed E-state index contributed by atoms with van der Waals surface area (Å²) in [5.74, 6) is 1.30. The first kappa shape index (κ1) is 42.4. The molecule has 0 radical (unpaired) electrons. The molecule has 0 aliphatic carbocycles. The van der Waals surface area contributed by atoms with E-state index in [1.165, 1.54) is 0 Å². The number of nitrogens with zero attached hydrogens (tertiary/aromatic N) is 10. The van der Waals surface area contributed by atoms with Crippen LogP contribution in [-0.2, 0) is 0 Å². The van der Waals surface area contributed by atoms with Gasteiger partial charge in [0.05, 0.1) is 97.2 Å². The Labute approximate surface area is 412 Å². The van der Waals surface area contributed by atoms with Gasteiger partial charge in [-0.15, -0.1) is 0 Å². The maximum atomic E-state index is 11.1. The fraction of sp³-hybridized carbons (Fsp3) is 0. The van der Waals surface area contributed by atoms with Crippen LogP contribution in [0.1, 0.15) is 27.8 Å². The lowest BCUT2D eigenvalue weighted by molar-refractivity contribution is 1.05. The van der Waals surface area contributed by atoms with Gasteiger partial charge in [-0.2, -0.15) is 26.3 Å². The first-order valence-electron chi connectivity index (χ1n) is 22.9. The molecular formula is C62H32N10. The van der Waals surface area contributed by atoms with Crippen LogP contribution in [0.25, 0.3) is 111 Å². The van der Waals surface area contributed by atoms with E-state index in [1.54, 1.807) is 24.3 Å². The van der Waals surface area contributed by atoms with E-state index in [9.17, 15) is 26.3 Å². The number of para-hydroxylation sites is 2. The van der Waals surface area contributed by atoms with E-state index in [0.717, 1.165) is 65.9 Å². The molecule has 10 heteroatoms. The molecule has 0 aliphatic heterocycles. The maximum Gasteiger partial charge on any atom is 0.168 e. The first-order valence-corrected chi connectivity index (χ1v) is 22.9. The van der Waals surface area contributed by atoms with Crippen LogP contribution < -0.4 is 0 Å². The Hall–Kier alpha value is -11.0. The van der Waals surface area contributed by atoms with Crippen molar-refractivity contribution in [2.24, 2.45) is 0 Å². The lowest BCUT2D eigenvalue weighted by Gasteiger charge is -2.20. The molecule has 0 unspecified atom stereocenters. The van der Waals surface area contributed by atoms with Crippen LogP contribution in [0.5, 0.6) is 0 Å². The molecule has 0 spiro atoms. The third-order valence-electron chi connectivity index (χ3n) is 13.1. The molecule has 0 bridgehead atoms. The Bertz CT molecular complexity index is 4180. The second-order valence-corrected chi connectivity index (χ2v) is 17.2. The molecule has 0 aliphatic rings. The van der Waals surface area contributed by atoms with E-state index >= 15 is 0 Å². The number of fused-ring (bicyclic) bond motifs is 6. The van der Waals surface area contributed by atoms with Gasteiger partial charge in [0.25, 0.3) is 0 Å². The summed E-state index contributed by atoms with van der Waals surface area (Å²) in [5.41, 5.74) is 11.9. The summed E-state index contributed by atoms with van der Waals surface area (Å²) in [6.45, 7) is 0. The van der Waals surface area contributed by atoms with Crippen LogP contribution >= 0.6 is 0 Å². The van der Waals surface area contributed by atoms with E-state index in [-0.39, 0.29) is 0 Å². The van der Waals surface area contributed by atoms with Gasteiger partial charge in [0.1, 0.15) is 0 Å². The molecule has 0 atom stereocenters. The van der Waals surface area contributed by atoms with Crippen LogP contribution in [0.3, 0.4) is 0 Å². The second kappa shape index (κ2) is 17.3. The van der Waals surface area contributed by atoms with Crippen molar-refractivity contribution in [1.29, 1.82) is 26.3 Å². The predicted molar refractivity (Wildman–Crippen MR) is 279 cm³/mol. The van der Waals surface area contributed by atoms with Crippen LogP contribution in [0.4, 0.5) is 0 Å². The summed E-state index contributed by atoms with van der Waals surface area (Å²) in [5, 5.41) is 54.5. The highest BCUT2D eigenvalue weighted by Crippen LogP contribution is 2.44. The molecule has 330 valence electrons. The predicted octanol–water partition coefficient (Wildman–Crippen LogP) is 13.8. The zero-order valence-corrected chi connectivity index (χ0v) is 37.9. The summed E-state index contributed by atoms with van der Waals surface area (Å²) < 4.78 is 4.32. The van der Waals surface area contributed by atoms with Crippen molar-refractivity contribution >= 4 is 43.6 Å². The van der Waals surface area contributed by atoms with Gasteiger partial charge in [0, 0.05) is 32.7 Å². The van der Waals surface area contributed by atoms with Crippen LogP contribution in [0.15, 0.2) is 194 Å². The minimum atomic E-state index is 0.370. The van der Waals surface area contributed by atoms with Crippen molar-refractivity contribution in [2.75, 3.05) is 0 Å². The fourth-order valence-corrected chi connectivity index (χ4v) is 9.89. The lowest BCUT2D eigenvalue weighted by Crippen LogP contribution is -2.08. The summed E-state index contributed by atoms with van der Waals surface area (Å²) in [6, 6.07) is 73.4. The number of hydrogen-bond donors (Lipinski definition) is 0. The Balaban J connectivity index is 1.21. The second-order valence-electron chi connectivity index (χ2n) is 17.2. The standard InChI is InChI=1S/C62H32N10/c63-33-38-19-23-47(45(27-38)36-66)43-21-25-55-51(31-43)49-15-7-9-17-53(49)71(55)57-29-40(35-65)30-58(59(57)62-69-60(41-11-3-1-4-12-41)68-61(70-62)42-13-5-2-6-14-42)72-54-18-10-8-16-50(54)52-32-44(22-26-56(52)72)48-24-20-39(34-64)28-46(48)37-67/h1-32H. The molecule has 3 aromatic heterocycles. The molecule has 72 heavy (non-hydrogen) atoms. The van der Waals surface area contributed by atoms with E-state index in [1.807, 2.05) is 133 Å². The number of hydrogen-bond acceptors (Lipinski definition) is 8. The molecular weight excluding hydrogens is 885 g/mol. The highest BCUT2D eigenvalue weighted by molar-refractivity contribution is 6.13. The summed E-state index contributed by atoms with van der Waals surface area (Å²) in [4.78, 5) is 15.8. The molecule has 10 nitrogen and oxygen atoms in total. The van der Waals surface area contributed by atoms with Crippen molar-refractivity contribution in [2.45, 2.75) is 0 Å². The monoisotopic (exact) mass is 916 g/mol. The van der Waals surface area contributed by atoms with Gasteiger partial charge in [-0.3, -0.25) is 0 Å². The van der Waals surface area contributed by atoms with Crippen LogP contribution in [0.2, 0.25) is 0 Å². The van der Waals surface area contributed by atoms with E-state index < -0.39 is 0 Å². The summed E-state index contributed by atoms with van der Waals surface area (Å²) in [7, 11) is 0. The number of rotatable bonds is 7. The molecule has 9 aromatic carbocycles. The Morgan fingerprint density at radius 1 is 0.306 bits per heavy atom. The Kier molecular flexibility index (Phi) is 10.2. The van der Waals surface area contributed by atoms with Crippen molar-refractivity contribution < 1.29 is 0 Å². The zero-order chi connectivity index (χ0) is 48.9. The fourth-order valence-electron chi connectivity index (χ4n) is 9.89. The molecule has 0 saturated carbocycles. The Morgan fingerprint density at radius 3 is 1.14 bits per heavy atom. The van der Waals surface area contributed by atoms with Gasteiger partial charge in [0.15, 0.2) is 17.5 Å². The van der Waals surface area contributed by atoms with E-state index in [2.05, 4.69) is 75.9 Å². The van der Waals surface area contributed by atoms with Gasteiger partial charge in [-0.25, -0.2) is 15.0 Å². The molecule has 0 amide bonds. The normalized spacial score (nSPS) is 11.0. The van der Waals surface area contributed by atoms with Gasteiger partial charge in [-0.05, 0) is 95.1 Å². The molecule has 0 fully saturated rings. The summed E-state index contributed by atoms with van der Waals surface area (Å²) in [6.07, 6.45) is 0. The SMILES string of the molecule is N#Cc1ccc(-c2ccc3c(c2)c2ccccc2n3-c2cc(C#N)cc(-n3c4ccccc4c4cc(-c5ccc(C#N)cc5C#N)ccc43)c2-c2nc(-c3ccccc3)nc(-c3ccccc3)n2)c(C#N)c1. The highest BCUT2D eigenvalue weighted by atomic mass is 15.1. The minimum absolute atomic E-state index is 0.370. The first-order chi connectivity index (χ1) is 35.5. The molecule has 0 N–H and O–H groups in total. The molecule has 3 heterocycles. The van der Waals surface area contributed by atoms with E-state index in [0.29, 0.717) is 73.4 Å². The van der Waals surface area contributed by atoms with E-state index in [4.69, 9.17) is 15.0 Å². The Morgan fingerprint density at radius 2 is 0.708 bits per heavy atom. The maximum absolute atomic E-state index is 11.1. The smallest absolute Gasteiger partial charge is 0.168 e. The molecule has 0 saturated heterocycles. The minimum Gasteiger partial charge on any atom is -0.308 e. The molecule has 12 aromatic rings. The number of benzene rings is 9. The van der Waals surface area contributed by atoms with Gasteiger partial charge in [-0.1, -0.05) is 121 Å². The summed E-state index contributed by atoms with van der Waals surface area (Å²) >= 11 is 0. The molecule has 12 rings (SSSR count). The average molecular weight is 917 g/mol. The lowest BCUT2D eigenvalue weighted by atomic mass is 9.97. The van der Waals surface area contributed by atoms with Gasteiger partial charge in [0.2, 0.25) is 0 Å². The van der Waals surface area contributed by atoms with Crippen molar-refractivity contribution in [1.82, 2.24) is 24.1 Å². The van der Waals surface area contributed by atoms with Crippen molar-refractivity contribution in [3.05, 3.63) is 222 Å². The highest BCUT2D eigenvalue weighted by Gasteiger charge is 2.27.